The first-order valence-electron chi connectivity index (χ1n) is 7.81. The number of benzene rings is 1. The molecule has 1 aliphatic rings. The zero-order chi connectivity index (χ0) is 15.5. The van der Waals surface area contributed by atoms with Crippen molar-refractivity contribution in [1.82, 2.24) is 10.3 Å². The number of carbonyl (C=O) groups is 1. The lowest BCUT2D eigenvalue weighted by molar-refractivity contribution is -0.121. The molecular formula is C18H22N2O2. The van der Waals surface area contributed by atoms with Crippen LogP contribution in [-0.4, -0.2) is 28.6 Å². The highest BCUT2D eigenvalue weighted by atomic mass is 16.3. The van der Waals surface area contributed by atoms with Crippen molar-refractivity contribution in [2.24, 2.45) is 5.92 Å². The fraction of sp³-hybridized carbons (Fsp3) is 0.389. The number of hydrogen-bond acceptors (Lipinski definition) is 2. The highest BCUT2D eigenvalue weighted by molar-refractivity contribution is 5.86. The molecule has 22 heavy (non-hydrogen) atoms. The summed E-state index contributed by atoms with van der Waals surface area (Å²) in [6, 6.07) is 6.29. The van der Waals surface area contributed by atoms with Crippen LogP contribution in [0.1, 0.15) is 24.0 Å². The highest BCUT2D eigenvalue weighted by Gasteiger charge is 2.19. The predicted octanol–water partition coefficient (Wildman–Crippen LogP) is 2.46. The second kappa shape index (κ2) is 6.36. The van der Waals surface area contributed by atoms with E-state index in [2.05, 4.69) is 29.4 Å². The Bertz CT molecular complexity index is 702. The number of H-pyrrole nitrogens is 1. The molecule has 0 fully saturated rings. The molecule has 3 N–H and O–H groups in total. The van der Waals surface area contributed by atoms with Gasteiger partial charge >= 0.3 is 0 Å². The van der Waals surface area contributed by atoms with E-state index in [9.17, 15) is 4.79 Å². The molecular weight excluding hydrogens is 276 g/mol. The monoisotopic (exact) mass is 298 g/mol. The third-order valence-electron chi connectivity index (χ3n) is 4.38. The second-order valence-electron chi connectivity index (χ2n) is 6.05. The summed E-state index contributed by atoms with van der Waals surface area (Å²) in [7, 11) is 0. The van der Waals surface area contributed by atoms with Gasteiger partial charge in [0.1, 0.15) is 0 Å². The first-order valence-corrected chi connectivity index (χ1v) is 7.81. The molecule has 116 valence electrons. The fourth-order valence-electron chi connectivity index (χ4n) is 3.11. The molecule has 1 amide bonds. The Morgan fingerprint density at radius 1 is 1.41 bits per heavy atom. The van der Waals surface area contributed by atoms with E-state index in [1.54, 1.807) is 0 Å². The first kappa shape index (κ1) is 14.9. The molecule has 2 atom stereocenters. The first-order chi connectivity index (χ1) is 10.7. The highest BCUT2D eigenvalue weighted by Crippen LogP contribution is 2.22. The summed E-state index contributed by atoms with van der Waals surface area (Å²) in [5.41, 5.74) is 3.56. The molecule has 0 aliphatic heterocycles. The van der Waals surface area contributed by atoms with Gasteiger partial charge in [-0.25, -0.2) is 0 Å². The summed E-state index contributed by atoms with van der Waals surface area (Å²) in [4.78, 5) is 15.4. The zero-order valence-electron chi connectivity index (χ0n) is 12.8. The summed E-state index contributed by atoms with van der Waals surface area (Å²) < 4.78 is 0. The fourth-order valence-corrected chi connectivity index (χ4v) is 3.11. The SMILES string of the molecule is Cc1cccc2c(CCC(=O)N[C@@H]3C=C[C@H](CO)C3)c[nH]c12. The summed E-state index contributed by atoms with van der Waals surface area (Å²) in [5.74, 6) is 0.247. The zero-order valence-corrected chi connectivity index (χ0v) is 12.8. The molecule has 4 heteroatoms. The van der Waals surface area contributed by atoms with Gasteiger partial charge in [0.05, 0.1) is 0 Å². The molecule has 1 heterocycles. The van der Waals surface area contributed by atoms with Crippen LogP contribution in [0.5, 0.6) is 0 Å². The summed E-state index contributed by atoms with van der Waals surface area (Å²) in [6.45, 7) is 2.23. The van der Waals surface area contributed by atoms with Crippen molar-refractivity contribution in [3.8, 4) is 0 Å². The van der Waals surface area contributed by atoms with Crippen LogP contribution in [-0.2, 0) is 11.2 Å². The molecule has 1 aromatic carbocycles. The number of nitrogens with one attached hydrogen (secondary N) is 2. The van der Waals surface area contributed by atoms with E-state index in [0.29, 0.717) is 6.42 Å². The average molecular weight is 298 g/mol. The number of carbonyl (C=O) groups excluding carboxylic acids is 1. The number of aryl methyl sites for hydroxylation is 2. The molecule has 0 saturated carbocycles. The maximum Gasteiger partial charge on any atom is 0.220 e. The largest absolute Gasteiger partial charge is 0.396 e. The van der Waals surface area contributed by atoms with E-state index in [1.165, 1.54) is 16.5 Å². The second-order valence-corrected chi connectivity index (χ2v) is 6.05. The number of aliphatic hydroxyl groups is 1. The van der Waals surface area contributed by atoms with Gasteiger partial charge in [-0.3, -0.25) is 4.79 Å². The predicted molar refractivity (Wildman–Crippen MR) is 87.6 cm³/mol. The summed E-state index contributed by atoms with van der Waals surface area (Å²) in [6.07, 6.45) is 7.97. The van der Waals surface area contributed by atoms with Crippen LogP contribution in [0, 0.1) is 12.8 Å². The Morgan fingerprint density at radius 2 is 2.27 bits per heavy atom. The number of aliphatic hydroxyl groups excluding tert-OH is 1. The summed E-state index contributed by atoms with van der Waals surface area (Å²) in [5, 5.41) is 13.3. The van der Waals surface area contributed by atoms with Gasteiger partial charge in [0, 0.05) is 42.1 Å². The van der Waals surface area contributed by atoms with Crippen LogP contribution < -0.4 is 5.32 Å². The molecule has 4 nitrogen and oxygen atoms in total. The third kappa shape index (κ3) is 3.07. The average Bonchev–Trinajstić information content (AvgIpc) is 3.12. The van der Waals surface area contributed by atoms with Crippen LogP contribution in [0.4, 0.5) is 0 Å². The minimum Gasteiger partial charge on any atom is -0.396 e. The Kier molecular flexibility index (Phi) is 4.29. The Balaban J connectivity index is 1.57. The van der Waals surface area contributed by atoms with Gasteiger partial charge in [0.15, 0.2) is 0 Å². The lowest BCUT2D eigenvalue weighted by Gasteiger charge is -2.12. The van der Waals surface area contributed by atoms with Gasteiger partial charge in [0.2, 0.25) is 5.91 Å². The molecule has 0 bridgehead atoms. The van der Waals surface area contributed by atoms with Crippen molar-refractivity contribution in [1.29, 1.82) is 0 Å². The number of amides is 1. The normalized spacial score (nSPS) is 20.6. The van der Waals surface area contributed by atoms with E-state index in [4.69, 9.17) is 5.11 Å². The number of para-hydroxylation sites is 1. The van der Waals surface area contributed by atoms with Crippen LogP contribution in [0.15, 0.2) is 36.5 Å². The summed E-state index contributed by atoms with van der Waals surface area (Å²) >= 11 is 0. The number of aromatic amines is 1. The van der Waals surface area contributed by atoms with Gasteiger partial charge in [0.25, 0.3) is 0 Å². The molecule has 1 aliphatic carbocycles. The van der Waals surface area contributed by atoms with Gasteiger partial charge in [-0.05, 0) is 30.9 Å². The van der Waals surface area contributed by atoms with E-state index < -0.39 is 0 Å². The molecule has 1 aromatic heterocycles. The Labute approximate surface area is 130 Å². The lowest BCUT2D eigenvalue weighted by atomic mass is 10.1. The van der Waals surface area contributed by atoms with Crippen molar-refractivity contribution in [3.63, 3.8) is 0 Å². The minimum absolute atomic E-state index is 0.0647. The molecule has 2 aromatic rings. The number of hydrogen-bond donors (Lipinski definition) is 3. The lowest BCUT2D eigenvalue weighted by Crippen LogP contribution is -2.33. The topological polar surface area (TPSA) is 65.1 Å². The van der Waals surface area contributed by atoms with Crippen LogP contribution in [0.2, 0.25) is 0 Å². The Morgan fingerprint density at radius 3 is 3.05 bits per heavy atom. The van der Waals surface area contributed by atoms with Crippen molar-refractivity contribution < 1.29 is 9.90 Å². The smallest absolute Gasteiger partial charge is 0.220 e. The van der Waals surface area contributed by atoms with Crippen molar-refractivity contribution in [2.45, 2.75) is 32.2 Å². The number of aromatic nitrogens is 1. The van der Waals surface area contributed by atoms with E-state index >= 15 is 0 Å². The minimum atomic E-state index is 0.0647. The maximum atomic E-state index is 12.1. The van der Waals surface area contributed by atoms with Crippen molar-refractivity contribution in [2.75, 3.05) is 6.61 Å². The van der Waals surface area contributed by atoms with Crippen LogP contribution in [0.25, 0.3) is 10.9 Å². The quantitative estimate of drug-likeness (QED) is 0.742. The molecule has 0 saturated heterocycles. The van der Waals surface area contributed by atoms with Crippen molar-refractivity contribution >= 4 is 16.8 Å². The van der Waals surface area contributed by atoms with Crippen molar-refractivity contribution in [3.05, 3.63) is 47.7 Å². The van der Waals surface area contributed by atoms with E-state index in [-0.39, 0.29) is 24.5 Å². The Hall–Kier alpha value is -2.07. The van der Waals surface area contributed by atoms with E-state index in [0.717, 1.165) is 18.4 Å². The van der Waals surface area contributed by atoms with Gasteiger partial charge in [-0.15, -0.1) is 0 Å². The van der Waals surface area contributed by atoms with Crippen LogP contribution in [0.3, 0.4) is 0 Å². The van der Waals surface area contributed by atoms with Gasteiger partial charge < -0.3 is 15.4 Å². The van der Waals surface area contributed by atoms with E-state index in [1.807, 2.05) is 24.4 Å². The number of rotatable bonds is 5. The molecule has 0 unspecified atom stereocenters. The van der Waals surface area contributed by atoms with Gasteiger partial charge in [-0.1, -0.05) is 30.4 Å². The third-order valence-corrected chi connectivity index (χ3v) is 4.38. The van der Waals surface area contributed by atoms with Crippen LogP contribution >= 0.6 is 0 Å². The molecule has 3 rings (SSSR count). The number of fused-ring (bicyclic) bond motifs is 1. The molecule has 0 radical (unpaired) electrons. The maximum absolute atomic E-state index is 12.1. The standard InChI is InChI=1S/C18H22N2O2/c1-12-3-2-4-16-14(10-19-18(12)16)6-8-17(22)20-15-7-5-13(9-15)11-21/h2-5,7,10,13,15,19,21H,6,8-9,11H2,1H3,(H,20,22)/t13-,15+/m0/s1. The molecule has 0 spiro atoms. The van der Waals surface area contributed by atoms with Gasteiger partial charge in [-0.2, -0.15) is 0 Å².